The molecule has 6 heteroatoms. The van der Waals surface area contributed by atoms with Crippen LogP contribution in [0.25, 0.3) is 0 Å². The molecule has 0 atom stereocenters. The first kappa shape index (κ1) is 14.9. The highest BCUT2D eigenvalue weighted by atomic mass is 32.2. The van der Waals surface area contributed by atoms with Gasteiger partial charge < -0.3 is 10.8 Å². The minimum Gasteiger partial charge on any atom is -0.398 e. The standard InChI is InChI=1S/C12H20N2O3S/c1-8-5-10(13)9(2)11(6-8)18(16,17)14-12(3,4)7-15/h5-6,14-15H,7,13H2,1-4H3. The zero-order valence-corrected chi connectivity index (χ0v) is 11.9. The van der Waals surface area contributed by atoms with Gasteiger partial charge in [-0.25, -0.2) is 13.1 Å². The smallest absolute Gasteiger partial charge is 0.241 e. The Morgan fingerprint density at radius 3 is 2.39 bits per heavy atom. The molecule has 0 spiro atoms. The molecular weight excluding hydrogens is 252 g/mol. The lowest BCUT2D eigenvalue weighted by molar-refractivity contribution is 0.208. The normalized spacial score (nSPS) is 12.7. The lowest BCUT2D eigenvalue weighted by atomic mass is 10.1. The van der Waals surface area contributed by atoms with E-state index in [1.807, 2.05) is 0 Å². The van der Waals surface area contributed by atoms with Crippen LogP contribution in [-0.2, 0) is 10.0 Å². The van der Waals surface area contributed by atoms with Gasteiger partial charge >= 0.3 is 0 Å². The fourth-order valence-corrected chi connectivity index (χ4v) is 3.35. The Labute approximate surface area is 108 Å². The summed E-state index contributed by atoms with van der Waals surface area (Å²) >= 11 is 0. The minimum absolute atomic E-state index is 0.154. The van der Waals surface area contributed by atoms with Crippen molar-refractivity contribution < 1.29 is 13.5 Å². The van der Waals surface area contributed by atoms with Crippen LogP contribution in [0.3, 0.4) is 0 Å². The van der Waals surface area contributed by atoms with Gasteiger partial charge in [-0.1, -0.05) is 0 Å². The predicted molar refractivity (Wildman–Crippen MR) is 71.8 cm³/mol. The average molecular weight is 272 g/mol. The number of hydrogen-bond acceptors (Lipinski definition) is 4. The van der Waals surface area contributed by atoms with Gasteiger partial charge in [-0.05, 0) is 51.0 Å². The van der Waals surface area contributed by atoms with Crippen molar-refractivity contribution in [2.45, 2.75) is 38.1 Å². The fourth-order valence-electron chi connectivity index (χ4n) is 1.58. The second-order valence-electron chi connectivity index (χ2n) is 5.12. The molecule has 4 N–H and O–H groups in total. The molecule has 1 rings (SSSR count). The van der Waals surface area contributed by atoms with Crippen molar-refractivity contribution in [2.24, 2.45) is 0 Å². The van der Waals surface area contributed by atoms with E-state index in [1.165, 1.54) is 0 Å². The number of aliphatic hydroxyl groups is 1. The third-order valence-corrected chi connectivity index (χ3v) is 4.46. The highest BCUT2D eigenvalue weighted by molar-refractivity contribution is 7.89. The van der Waals surface area contributed by atoms with Gasteiger partial charge in [0, 0.05) is 5.69 Å². The van der Waals surface area contributed by atoms with Crippen LogP contribution < -0.4 is 10.5 Å². The summed E-state index contributed by atoms with van der Waals surface area (Å²) in [5, 5.41) is 9.13. The van der Waals surface area contributed by atoms with E-state index < -0.39 is 15.6 Å². The Morgan fingerprint density at radius 2 is 1.89 bits per heavy atom. The van der Waals surface area contributed by atoms with E-state index in [4.69, 9.17) is 10.8 Å². The Balaban J connectivity index is 3.30. The van der Waals surface area contributed by atoms with Crippen LogP contribution in [0.4, 0.5) is 5.69 Å². The number of anilines is 1. The monoisotopic (exact) mass is 272 g/mol. The average Bonchev–Trinajstić information content (AvgIpc) is 2.21. The molecule has 0 fully saturated rings. The van der Waals surface area contributed by atoms with E-state index in [2.05, 4.69) is 4.72 Å². The largest absolute Gasteiger partial charge is 0.398 e. The van der Waals surface area contributed by atoms with E-state index in [9.17, 15) is 8.42 Å². The number of nitrogens with two attached hydrogens (primary N) is 1. The van der Waals surface area contributed by atoms with Crippen molar-refractivity contribution in [1.29, 1.82) is 0 Å². The van der Waals surface area contributed by atoms with Crippen molar-refractivity contribution in [3.8, 4) is 0 Å². The van der Waals surface area contributed by atoms with Gasteiger partial charge in [0.25, 0.3) is 0 Å². The van der Waals surface area contributed by atoms with E-state index >= 15 is 0 Å². The number of rotatable bonds is 4. The second-order valence-corrected chi connectivity index (χ2v) is 6.78. The van der Waals surface area contributed by atoms with Crippen LogP contribution >= 0.6 is 0 Å². The van der Waals surface area contributed by atoms with Crippen molar-refractivity contribution in [3.05, 3.63) is 23.3 Å². The van der Waals surface area contributed by atoms with Gasteiger partial charge in [0.1, 0.15) is 0 Å². The SMILES string of the molecule is Cc1cc(N)c(C)c(S(=O)(=O)NC(C)(C)CO)c1. The number of nitrogens with one attached hydrogen (secondary N) is 1. The van der Waals surface area contributed by atoms with Gasteiger partial charge in [-0.15, -0.1) is 0 Å². The van der Waals surface area contributed by atoms with E-state index in [0.717, 1.165) is 5.56 Å². The molecule has 0 saturated carbocycles. The van der Waals surface area contributed by atoms with E-state index in [1.54, 1.807) is 39.8 Å². The number of nitrogen functional groups attached to an aromatic ring is 1. The van der Waals surface area contributed by atoms with Gasteiger partial charge in [0.2, 0.25) is 10.0 Å². The Kier molecular flexibility index (Phi) is 4.05. The maximum Gasteiger partial charge on any atom is 0.241 e. The van der Waals surface area contributed by atoms with Crippen LogP contribution in [0, 0.1) is 13.8 Å². The number of aliphatic hydroxyl groups excluding tert-OH is 1. The minimum atomic E-state index is -3.70. The number of sulfonamides is 1. The molecule has 0 heterocycles. The molecular formula is C12H20N2O3S. The van der Waals surface area contributed by atoms with E-state index in [0.29, 0.717) is 11.3 Å². The third-order valence-electron chi connectivity index (χ3n) is 2.64. The zero-order valence-electron chi connectivity index (χ0n) is 11.1. The molecule has 1 aromatic carbocycles. The summed E-state index contributed by atoms with van der Waals surface area (Å²) in [4.78, 5) is 0.154. The maximum absolute atomic E-state index is 12.3. The lowest BCUT2D eigenvalue weighted by Gasteiger charge is -2.24. The topological polar surface area (TPSA) is 92.4 Å². The van der Waals surface area contributed by atoms with Crippen molar-refractivity contribution in [1.82, 2.24) is 4.72 Å². The molecule has 0 aromatic heterocycles. The highest BCUT2D eigenvalue weighted by Gasteiger charge is 2.27. The first-order valence-corrected chi connectivity index (χ1v) is 7.09. The van der Waals surface area contributed by atoms with Crippen LogP contribution in [-0.4, -0.2) is 25.7 Å². The molecule has 0 aliphatic rings. The summed E-state index contributed by atoms with van der Waals surface area (Å²) in [6.07, 6.45) is 0. The summed E-state index contributed by atoms with van der Waals surface area (Å²) in [6.45, 7) is 6.38. The molecule has 0 amide bonds. The van der Waals surface area contributed by atoms with Crippen molar-refractivity contribution in [3.63, 3.8) is 0 Å². The van der Waals surface area contributed by atoms with Crippen LogP contribution in [0.1, 0.15) is 25.0 Å². The molecule has 0 bridgehead atoms. The summed E-state index contributed by atoms with van der Waals surface area (Å²) in [6, 6.07) is 3.30. The molecule has 1 aromatic rings. The molecule has 102 valence electrons. The van der Waals surface area contributed by atoms with Crippen molar-refractivity contribution in [2.75, 3.05) is 12.3 Å². The lowest BCUT2D eigenvalue weighted by Crippen LogP contribution is -2.46. The maximum atomic E-state index is 12.3. The van der Waals surface area contributed by atoms with Gasteiger partial charge in [0.05, 0.1) is 17.0 Å². The second kappa shape index (κ2) is 4.87. The van der Waals surface area contributed by atoms with Crippen LogP contribution in [0.5, 0.6) is 0 Å². The van der Waals surface area contributed by atoms with Crippen molar-refractivity contribution >= 4 is 15.7 Å². The summed E-state index contributed by atoms with van der Waals surface area (Å²) < 4.78 is 27.0. The van der Waals surface area contributed by atoms with Gasteiger partial charge in [-0.3, -0.25) is 0 Å². The number of hydrogen-bond donors (Lipinski definition) is 3. The summed E-state index contributed by atoms with van der Waals surface area (Å²) in [5.74, 6) is 0. The fraction of sp³-hybridized carbons (Fsp3) is 0.500. The Bertz CT molecular complexity index is 551. The molecule has 18 heavy (non-hydrogen) atoms. The summed E-state index contributed by atoms with van der Waals surface area (Å²) in [5.41, 5.74) is 6.60. The Morgan fingerprint density at radius 1 is 1.33 bits per heavy atom. The molecule has 0 radical (unpaired) electrons. The van der Waals surface area contributed by atoms with Gasteiger partial charge in [-0.2, -0.15) is 0 Å². The van der Waals surface area contributed by atoms with E-state index in [-0.39, 0.29) is 11.5 Å². The van der Waals surface area contributed by atoms with Crippen LogP contribution in [0.2, 0.25) is 0 Å². The number of aryl methyl sites for hydroxylation is 1. The van der Waals surface area contributed by atoms with Crippen LogP contribution in [0.15, 0.2) is 17.0 Å². The quantitative estimate of drug-likeness (QED) is 0.711. The molecule has 0 aliphatic heterocycles. The molecule has 0 saturated heterocycles. The number of benzene rings is 1. The molecule has 0 unspecified atom stereocenters. The highest BCUT2D eigenvalue weighted by Crippen LogP contribution is 2.24. The first-order chi connectivity index (χ1) is 8.09. The zero-order chi connectivity index (χ0) is 14.1. The first-order valence-electron chi connectivity index (χ1n) is 5.60. The Hall–Kier alpha value is -1.11. The summed E-state index contributed by atoms with van der Waals surface area (Å²) in [7, 11) is -3.70. The van der Waals surface area contributed by atoms with Gasteiger partial charge in [0.15, 0.2) is 0 Å². The molecule has 0 aliphatic carbocycles. The third kappa shape index (κ3) is 3.22. The predicted octanol–water partition coefficient (Wildman–Crippen LogP) is 0.935. The molecule has 5 nitrogen and oxygen atoms in total.